The molecule has 1 heterocycles. The standard InChI is InChI=1S/C25H18N2O5/c1-32-13-10-11-18(19(12-13)27(30)31)26-24(28)22-20-14-6-2-3-7-15(14)21(23(22)25(26)29)17-9-5-4-8-16(17)20/h2-12,20-23H,1H3. The second-order valence-corrected chi connectivity index (χ2v) is 8.39. The smallest absolute Gasteiger partial charge is 0.297 e. The first-order chi connectivity index (χ1) is 15.5. The fraction of sp³-hybridized carbons (Fsp3) is 0.200. The Morgan fingerprint density at radius 1 is 0.812 bits per heavy atom. The second kappa shape index (κ2) is 6.50. The molecule has 2 amide bonds. The molecule has 2 atom stereocenters. The van der Waals surface area contributed by atoms with Crippen molar-refractivity contribution in [3.05, 3.63) is 99.1 Å². The van der Waals surface area contributed by atoms with Crippen LogP contribution in [0.2, 0.25) is 0 Å². The average molecular weight is 426 g/mol. The maximum atomic E-state index is 13.7. The van der Waals surface area contributed by atoms with Crippen molar-refractivity contribution in [2.24, 2.45) is 11.8 Å². The number of hydrogen-bond acceptors (Lipinski definition) is 5. The van der Waals surface area contributed by atoms with Crippen molar-refractivity contribution in [3.63, 3.8) is 0 Å². The summed E-state index contributed by atoms with van der Waals surface area (Å²) >= 11 is 0. The molecule has 0 radical (unpaired) electrons. The van der Waals surface area contributed by atoms with Crippen LogP contribution in [0.3, 0.4) is 0 Å². The maximum absolute atomic E-state index is 13.7. The molecule has 0 saturated carbocycles. The number of benzene rings is 3. The summed E-state index contributed by atoms with van der Waals surface area (Å²) < 4.78 is 5.11. The van der Waals surface area contributed by atoms with Crippen LogP contribution in [0.5, 0.6) is 5.75 Å². The van der Waals surface area contributed by atoms with Gasteiger partial charge in [0.25, 0.3) is 5.69 Å². The van der Waals surface area contributed by atoms with E-state index in [4.69, 9.17) is 4.74 Å². The van der Waals surface area contributed by atoms with Gasteiger partial charge in [0.15, 0.2) is 0 Å². The van der Waals surface area contributed by atoms with E-state index >= 15 is 0 Å². The van der Waals surface area contributed by atoms with Gasteiger partial charge in [0.2, 0.25) is 11.8 Å². The van der Waals surface area contributed by atoms with Crippen LogP contribution in [-0.2, 0) is 9.59 Å². The lowest BCUT2D eigenvalue weighted by molar-refractivity contribution is -0.384. The topological polar surface area (TPSA) is 89.8 Å². The normalized spacial score (nSPS) is 24.7. The molecule has 2 unspecified atom stereocenters. The summed E-state index contributed by atoms with van der Waals surface area (Å²) in [5.41, 5.74) is 3.91. The minimum Gasteiger partial charge on any atom is -0.496 e. The Morgan fingerprint density at radius 3 is 1.69 bits per heavy atom. The van der Waals surface area contributed by atoms with E-state index in [0.29, 0.717) is 0 Å². The third-order valence-electron chi connectivity index (χ3n) is 7.07. The Kier molecular flexibility index (Phi) is 3.81. The first-order valence-corrected chi connectivity index (χ1v) is 10.4. The number of hydrogen-bond donors (Lipinski definition) is 0. The molecule has 158 valence electrons. The van der Waals surface area contributed by atoms with Crippen molar-refractivity contribution in [2.75, 3.05) is 12.0 Å². The number of imide groups is 1. The van der Waals surface area contributed by atoms with Crippen LogP contribution >= 0.6 is 0 Å². The molecule has 32 heavy (non-hydrogen) atoms. The van der Waals surface area contributed by atoms with Gasteiger partial charge in [0.1, 0.15) is 11.4 Å². The zero-order valence-electron chi connectivity index (χ0n) is 17.1. The number of anilines is 1. The summed E-state index contributed by atoms with van der Waals surface area (Å²) in [7, 11) is 1.41. The fourth-order valence-corrected chi connectivity index (χ4v) is 5.88. The van der Waals surface area contributed by atoms with Crippen molar-refractivity contribution in [1.82, 2.24) is 0 Å². The van der Waals surface area contributed by atoms with E-state index in [9.17, 15) is 19.7 Å². The lowest BCUT2D eigenvalue weighted by Gasteiger charge is -2.45. The van der Waals surface area contributed by atoms with Gasteiger partial charge in [-0.25, -0.2) is 4.90 Å². The van der Waals surface area contributed by atoms with Gasteiger partial charge in [-0.15, -0.1) is 0 Å². The summed E-state index contributed by atoms with van der Waals surface area (Å²) in [6.45, 7) is 0. The molecule has 1 aliphatic heterocycles. The average Bonchev–Trinajstić information content (AvgIpc) is 3.09. The molecule has 3 aromatic carbocycles. The van der Waals surface area contributed by atoms with Gasteiger partial charge in [-0.1, -0.05) is 48.5 Å². The SMILES string of the molecule is COc1ccc(N2C(=O)C3C4c5ccccc5C(c5ccccc54)C3C2=O)c([N+](=O)[O-])c1. The van der Waals surface area contributed by atoms with Gasteiger partial charge in [-0.05, 0) is 34.4 Å². The largest absolute Gasteiger partial charge is 0.496 e. The lowest BCUT2D eigenvalue weighted by Crippen LogP contribution is -2.41. The number of carbonyl (C=O) groups is 2. The van der Waals surface area contributed by atoms with E-state index in [-0.39, 0.29) is 40.8 Å². The Balaban J connectivity index is 1.55. The molecular formula is C25H18N2O5. The molecule has 7 rings (SSSR count). The molecule has 2 bridgehead atoms. The quantitative estimate of drug-likeness (QED) is 0.359. The Bertz CT molecular complexity index is 1220. The Hall–Kier alpha value is -4.00. The molecule has 3 aliphatic carbocycles. The van der Waals surface area contributed by atoms with Gasteiger partial charge < -0.3 is 4.74 Å². The molecule has 4 aliphatic rings. The minimum absolute atomic E-state index is 0.00675. The highest BCUT2D eigenvalue weighted by molar-refractivity contribution is 6.24. The van der Waals surface area contributed by atoms with E-state index in [1.807, 2.05) is 48.5 Å². The van der Waals surface area contributed by atoms with E-state index < -0.39 is 16.8 Å². The highest BCUT2D eigenvalue weighted by atomic mass is 16.6. The molecular weight excluding hydrogens is 408 g/mol. The van der Waals surface area contributed by atoms with Gasteiger partial charge in [0, 0.05) is 11.8 Å². The monoisotopic (exact) mass is 426 g/mol. The lowest BCUT2D eigenvalue weighted by atomic mass is 9.55. The number of nitro benzene ring substituents is 1. The minimum atomic E-state index is -0.585. The molecule has 3 aromatic rings. The van der Waals surface area contributed by atoms with Crippen LogP contribution < -0.4 is 9.64 Å². The number of methoxy groups -OCH3 is 1. The van der Waals surface area contributed by atoms with E-state index in [2.05, 4.69) is 0 Å². The third kappa shape index (κ3) is 2.25. The van der Waals surface area contributed by atoms with Crippen molar-refractivity contribution >= 4 is 23.2 Å². The number of rotatable bonds is 3. The third-order valence-corrected chi connectivity index (χ3v) is 7.07. The fourth-order valence-electron chi connectivity index (χ4n) is 5.88. The maximum Gasteiger partial charge on any atom is 0.297 e. The molecule has 7 heteroatoms. The summed E-state index contributed by atoms with van der Waals surface area (Å²) in [6.07, 6.45) is 0. The Morgan fingerprint density at radius 2 is 1.28 bits per heavy atom. The molecule has 0 N–H and O–H groups in total. The van der Waals surface area contributed by atoms with Crippen LogP contribution in [0, 0.1) is 22.0 Å². The van der Waals surface area contributed by atoms with Crippen LogP contribution in [-0.4, -0.2) is 23.8 Å². The highest BCUT2D eigenvalue weighted by Gasteiger charge is 2.62. The summed E-state index contributed by atoms with van der Waals surface area (Å²) in [6, 6.07) is 20.1. The number of ether oxygens (including phenoxy) is 1. The van der Waals surface area contributed by atoms with E-state index in [0.717, 1.165) is 27.2 Å². The van der Waals surface area contributed by atoms with Crippen LogP contribution in [0.4, 0.5) is 11.4 Å². The van der Waals surface area contributed by atoms with Crippen LogP contribution in [0.1, 0.15) is 34.1 Å². The first kappa shape index (κ1) is 18.7. The number of amides is 2. The second-order valence-electron chi connectivity index (χ2n) is 8.39. The number of nitrogens with zero attached hydrogens (tertiary/aromatic N) is 2. The Labute approximate surface area is 183 Å². The van der Waals surface area contributed by atoms with Crippen molar-refractivity contribution < 1.29 is 19.2 Å². The molecule has 0 aromatic heterocycles. The van der Waals surface area contributed by atoms with Gasteiger partial charge >= 0.3 is 0 Å². The van der Waals surface area contributed by atoms with E-state index in [1.165, 1.54) is 25.3 Å². The number of carbonyl (C=O) groups excluding carboxylic acids is 2. The van der Waals surface area contributed by atoms with Gasteiger partial charge in [-0.3, -0.25) is 19.7 Å². The summed E-state index contributed by atoms with van der Waals surface area (Å²) in [5.74, 6) is -2.15. The van der Waals surface area contributed by atoms with Crippen molar-refractivity contribution in [1.29, 1.82) is 0 Å². The molecule has 7 nitrogen and oxygen atoms in total. The summed E-state index contributed by atoms with van der Waals surface area (Å²) in [5, 5.41) is 11.8. The van der Waals surface area contributed by atoms with Crippen LogP contribution in [0.25, 0.3) is 0 Å². The molecule has 1 fully saturated rings. The van der Waals surface area contributed by atoms with Crippen molar-refractivity contribution in [2.45, 2.75) is 11.8 Å². The summed E-state index contributed by atoms with van der Waals surface area (Å²) in [4.78, 5) is 39.7. The van der Waals surface area contributed by atoms with Crippen LogP contribution in [0.15, 0.2) is 66.7 Å². The molecule has 1 saturated heterocycles. The first-order valence-electron chi connectivity index (χ1n) is 10.4. The molecule has 0 spiro atoms. The van der Waals surface area contributed by atoms with E-state index in [1.54, 1.807) is 0 Å². The zero-order valence-corrected chi connectivity index (χ0v) is 17.1. The van der Waals surface area contributed by atoms with Gasteiger partial charge in [-0.2, -0.15) is 0 Å². The highest BCUT2D eigenvalue weighted by Crippen LogP contribution is 2.61. The predicted octanol–water partition coefficient (Wildman–Crippen LogP) is 4.00. The van der Waals surface area contributed by atoms with Crippen molar-refractivity contribution in [3.8, 4) is 5.75 Å². The number of nitro groups is 1. The predicted molar refractivity (Wildman–Crippen MR) is 116 cm³/mol. The van der Waals surface area contributed by atoms with Gasteiger partial charge in [0.05, 0.1) is 29.9 Å². The zero-order chi connectivity index (χ0) is 22.1.